The van der Waals surface area contributed by atoms with Gasteiger partial charge in [-0.3, -0.25) is 9.98 Å². The lowest BCUT2D eigenvalue weighted by Gasteiger charge is -2.32. The number of aliphatic imine (C=N–C) groups is 2. The van der Waals surface area contributed by atoms with Gasteiger partial charge in [0.15, 0.2) is 0 Å². The van der Waals surface area contributed by atoms with Crippen LogP contribution in [0.25, 0.3) is 0 Å². The number of rotatable bonds is 6. The molecule has 0 saturated heterocycles. The van der Waals surface area contributed by atoms with Crippen LogP contribution in [0.3, 0.4) is 0 Å². The Kier molecular flexibility index (Phi) is 7.72. The summed E-state index contributed by atoms with van der Waals surface area (Å²) < 4.78 is 0. The molecule has 2 aliphatic carbocycles. The van der Waals surface area contributed by atoms with Crippen molar-refractivity contribution in [2.45, 2.75) is 83.7 Å². The molecule has 4 rings (SSSR count). The van der Waals surface area contributed by atoms with Crippen LogP contribution in [0.4, 0.5) is 0 Å². The summed E-state index contributed by atoms with van der Waals surface area (Å²) in [6, 6.07) is 18.4. The molecule has 2 fully saturated rings. The molecule has 2 nitrogen and oxygen atoms in total. The average Bonchev–Trinajstić information content (AvgIpc) is 2.80. The Labute approximate surface area is 188 Å². The van der Waals surface area contributed by atoms with Gasteiger partial charge >= 0.3 is 0 Å². The van der Waals surface area contributed by atoms with E-state index >= 15 is 0 Å². The Morgan fingerprint density at radius 2 is 0.935 bits per heavy atom. The Hall–Kier alpha value is -2.22. The summed E-state index contributed by atoms with van der Waals surface area (Å²) in [5.74, 6) is 1.84. The Morgan fingerprint density at radius 1 is 0.581 bits per heavy atom. The predicted octanol–water partition coefficient (Wildman–Crippen LogP) is 7.35. The van der Waals surface area contributed by atoms with Crippen molar-refractivity contribution in [1.29, 1.82) is 0 Å². The van der Waals surface area contributed by atoms with E-state index in [0.29, 0.717) is 12.1 Å². The van der Waals surface area contributed by atoms with Crippen molar-refractivity contribution >= 4 is 12.4 Å². The molecule has 31 heavy (non-hydrogen) atoms. The fourth-order valence-electron chi connectivity index (χ4n) is 5.22. The van der Waals surface area contributed by atoms with Crippen LogP contribution in [0.5, 0.6) is 0 Å². The van der Waals surface area contributed by atoms with Gasteiger partial charge in [-0.25, -0.2) is 0 Å². The zero-order chi connectivity index (χ0) is 21.5. The van der Waals surface area contributed by atoms with Crippen LogP contribution in [0.1, 0.15) is 80.0 Å². The maximum Gasteiger partial charge on any atom is 0.0500 e. The lowest BCUT2D eigenvalue weighted by Crippen LogP contribution is -2.23. The van der Waals surface area contributed by atoms with Crippen LogP contribution in [-0.2, 0) is 0 Å². The second-order valence-electron chi connectivity index (χ2n) is 9.96. The topological polar surface area (TPSA) is 24.7 Å². The minimum atomic E-state index is 0.532. The van der Waals surface area contributed by atoms with Gasteiger partial charge < -0.3 is 0 Å². The fourth-order valence-corrected chi connectivity index (χ4v) is 5.22. The third-order valence-corrected chi connectivity index (χ3v) is 7.32. The molecule has 0 unspecified atom stereocenters. The second-order valence-corrected chi connectivity index (χ2v) is 9.96. The molecule has 2 aromatic rings. The highest BCUT2D eigenvalue weighted by molar-refractivity contribution is 5.80. The summed E-state index contributed by atoms with van der Waals surface area (Å²) in [7, 11) is 0. The Bertz CT molecular complexity index is 773. The fraction of sp³-hybridized carbons (Fsp3) is 0.517. The number of hydrogen-bond acceptors (Lipinski definition) is 2. The van der Waals surface area contributed by atoms with Gasteiger partial charge in [0.1, 0.15) is 0 Å². The summed E-state index contributed by atoms with van der Waals surface area (Å²) >= 11 is 0. The summed E-state index contributed by atoms with van der Waals surface area (Å²) in [5.41, 5.74) is 5.08. The van der Waals surface area contributed by atoms with E-state index in [1.54, 1.807) is 0 Å². The van der Waals surface area contributed by atoms with Gasteiger partial charge in [-0.05, 0) is 94.6 Å². The van der Waals surface area contributed by atoms with Crippen molar-refractivity contribution in [3.63, 3.8) is 0 Å². The summed E-state index contributed by atoms with van der Waals surface area (Å²) in [6.45, 7) is 4.26. The smallest absolute Gasteiger partial charge is 0.0500 e. The Morgan fingerprint density at radius 3 is 1.29 bits per heavy atom. The van der Waals surface area contributed by atoms with E-state index < -0.39 is 0 Å². The maximum atomic E-state index is 4.88. The van der Waals surface area contributed by atoms with Gasteiger partial charge in [-0.15, -0.1) is 0 Å². The van der Waals surface area contributed by atoms with Crippen LogP contribution < -0.4 is 0 Å². The van der Waals surface area contributed by atoms with Crippen molar-refractivity contribution in [1.82, 2.24) is 0 Å². The first-order valence-electron chi connectivity index (χ1n) is 12.3. The molecule has 0 bridgehead atoms. The molecule has 0 radical (unpaired) electrons. The van der Waals surface area contributed by atoms with Crippen LogP contribution in [0.2, 0.25) is 0 Å². The molecule has 2 aliphatic rings. The summed E-state index contributed by atoms with van der Waals surface area (Å²) in [4.78, 5) is 9.77. The van der Waals surface area contributed by atoms with Crippen molar-refractivity contribution < 1.29 is 0 Å². The molecule has 0 amide bonds. The first-order chi connectivity index (χ1) is 15.1. The zero-order valence-electron chi connectivity index (χ0n) is 19.3. The van der Waals surface area contributed by atoms with Crippen molar-refractivity contribution in [2.24, 2.45) is 21.8 Å². The third-order valence-electron chi connectivity index (χ3n) is 7.32. The highest BCUT2D eigenvalue weighted by Crippen LogP contribution is 2.36. The van der Waals surface area contributed by atoms with Crippen LogP contribution in [0, 0.1) is 25.7 Å². The highest BCUT2D eigenvalue weighted by atomic mass is 14.8. The first kappa shape index (κ1) is 22.0. The average molecular weight is 415 g/mol. The van der Waals surface area contributed by atoms with Crippen LogP contribution in [-0.4, -0.2) is 24.5 Å². The molecule has 2 heteroatoms. The van der Waals surface area contributed by atoms with Crippen LogP contribution in [0.15, 0.2) is 58.5 Å². The number of aryl methyl sites for hydroxylation is 2. The molecule has 0 aliphatic heterocycles. The molecular weight excluding hydrogens is 376 g/mol. The molecule has 2 aromatic carbocycles. The molecule has 0 aromatic heterocycles. The van der Waals surface area contributed by atoms with Crippen LogP contribution >= 0.6 is 0 Å². The molecule has 2 saturated carbocycles. The number of hydrogen-bond donors (Lipinski definition) is 0. The standard InChI is InChI=1S/C29H38N2/c1-22-3-7-26(8-4-22)20-30-28-15-11-24(12-16-28)19-25-13-17-29(18-14-25)31-21-27-9-5-23(2)6-10-27/h3-10,20-21,24-25,28-29H,11-19H2,1-2H3. The second kappa shape index (κ2) is 10.9. The summed E-state index contributed by atoms with van der Waals surface area (Å²) in [5, 5.41) is 0. The minimum absolute atomic E-state index is 0.532. The summed E-state index contributed by atoms with van der Waals surface area (Å²) in [6.07, 6.45) is 16.1. The van der Waals surface area contributed by atoms with E-state index in [9.17, 15) is 0 Å². The van der Waals surface area contributed by atoms with E-state index in [1.807, 2.05) is 0 Å². The lowest BCUT2D eigenvalue weighted by atomic mass is 9.76. The molecule has 0 atom stereocenters. The van der Waals surface area contributed by atoms with Crippen molar-refractivity contribution in [2.75, 3.05) is 0 Å². The Balaban J connectivity index is 1.15. The SMILES string of the molecule is Cc1ccc(C=NC2CCC(CC3CCC(N=Cc4ccc(C)cc4)CC3)CC2)cc1. The minimum Gasteiger partial charge on any atom is -0.289 e. The van der Waals surface area contributed by atoms with Crippen molar-refractivity contribution in [3.05, 3.63) is 70.8 Å². The van der Waals surface area contributed by atoms with E-state index in [-0.39, 0.29) is 0 Å². The van der Waals surface area contributed by atoms with Gasteiger partial charge in [0.2, 0.25) is 0 Å². The lowest BCUT2D eigenvalue weighted by molar-refractivity contribution is 0.226. The maximum absolute atomic E-state index is 4.88. The number of nitrogens with zero attached hydrogens (tertiary/aromatic N) is 2. The predicted molar refractivity (Wildman–Crippen MR) is 134 cm³/mol. The molecule has 0 N–H and O–H groups in total. The van der Waals surface area contributed by atoms with Gasteiger partial charge in [0.25, 0.3) is 0 Å². The molecular formula is C29H38N2. The van der Waals surface area contributed by atoms with E-state index in [1.165, 1.54) is 80.0 Å². The largest absolute Gasteiger partial charge is 0.289 e. The number of benzene rings is 2. The quantitative estimate of drug-likeness (QED) is 0.441. The van der Waals surface area contributed by atoms with Crippen molar-refractivity contribution in [3.8, 4) is 0 Å². The normalized spacial score (nSPS) is 27.2. The van der Waals surface area contributed by atoms with Gasteiger partial charge in [-0.1, -0.05) is 59.7 Å². The van der Waals surface area contributed by atoms with E-state index in [4.69, 9.17) is 9.98 Å². The van der Waals surface area contributed by atoms with Gasteiger partial charge in [0, 0.05) is 24.5 Å². The zero-order valence-corrected chi connectivity index (χ0v) is 19.3. The third kappa shape index (κ3) is 6.89. The molecule has 0 spiro atoms. The van der Waals surface area contributed by atoms with E-state index in [0.717, 1.165) is 11.8 Å². The molecule has 0 heterocycles. The monoisotopic (exact) mass is 414 g/mol. The first-order valence-corrected chi connectivity index (χ1v) is 12.3. The van der Waals surface area contributed by atoms with Gasteiger partial charge in [-0.2, -0.15) is 0 Å². The molecule has 164 valence electrons. The van der Waals surface area contributed by atoms with Gasteiger partial charge in [0.05, 0.1) is 0 Å². The highest BCUT2D eigenvalue weighted by Gasteiger charge is 2.26. The van der Waals surface area contributed by atoms with E-state index in [2.05, 4.69) is 74.8 Å².